The van der Waals surface area contributed by atoms with Crippen LogP contribution in [0.5, 0.6) is 11.5 Å². The summed E-state index contributed by atoms with van der Waals surface area (Å²) in [5.41, 5.74) is 25.8. The average molecular weight is 543 g/mol. The zero-order valence-electron chi connectivity index (χ0n) is 24.8. The van der Waals surface area contributed by atoms with Gasteiger partial charge in [-0.1, -0.05) is 96.5 Å². The third-order valence-electron chi connectivity index (χ3n) is 6.31. The van der Waals surface area contributed by atoms with Crippen LogP contribution in [0.1, 0.15) is 70.6 Å². The standard InChI is InChI=1S/C15H20N4O2.C14H12.C3H8.C2H6/c1-7(2)10-11(17)12(18)13(15(21)14(10)20)19-9-5-3-8(16)4-6-9;1-3-7-13-11(5-1)9-10-12-6-2-4-8-14(12)13;1-3-2;1-2/h3-7,19-21H,16-18H2,1-2H3;1-8H,9-10H2;3H2,1-2H3;1-2H3. The van der Waals surface area contributed by atoms with E-state index in [1.807, 2.05) is 27.7 Å². The molecular formula is C34H46N4O2. The third-order valence-corrected chi connectivity index (χ3v) is 6.31. The van der Waals surface area contributed by atoms with E-state index in [4.69, 9.17) is 17.2 Å². The number of phenols is 2. The molecule has 9 N–H and O–H groups in total. The van der Waals surface area contributed by atoms with Crippen molar-refractivity contribution in [2.75, 3.05) is 22.5 Å². The molecule has 4 aromatic rings. The summed E-state index contributed by atoms with van der Waals surface area (Å²) < 4.78 is 0. The Labute approximate surface area is 239 Å². The lowest BCUT2D eigenvalue weighted by Gasteiger charge is -2.20. The van der Waals surface area contributed by atoms with Crippen molar-refractivity contribution in [3.05, 3.63) is 89.5 Å². The van der Waals surface area contributed by atoms with Gasteiger partial charge in [0.15, 0.2) is 11.5 Å². The molecule has 40 heavy (non-hydrogen) atoms. The quantitative estimate of drug-likeness (QED) is 0.0873. The van der Waals surface area contributed by atoms with Gasteiger partial charge in [0.05, 0.1) is 11.4 Å². The predicted molar refractivity (Wildman–Crippen MR) is 173 cm³/mol. The second kappa shape index (κ2) is 15.3. The molecule has 1 aliphatic carbocycles. The van der Waals surface area contributed by atoms with Crippen molar-refractivity contribution in [1.82, 2.24) is 0 Å². The van der Waals surface area contributed by atoms with E-state index < -0.39 is 0 Å². The monoisotopic (exact) mass is 542 g/mol. The van der Waals surface area contributed by atoms with Crippen molar-refractivity contribution in [3.63, 3.8) is 0 Å². The van der Waals surface area contributed by atoms with Crippen LogP contribution < -0.4 is 22.5 Å². The summed E-state index contributed by atoms with van der Waals surface area (Å²) in [5.74, 6) is -0.638. The first-order valence-corrected chi connectivity index (χ1v) is 14.1. The van der Waals surface area contributed by atoms with Crippen molar-refractivity contribution in [3.8, 4) is 22.6 Å². The minimum Gasteiger partial charge on any atom is -0.504 e. The van der Waals surface area contributed by atoms with Crippen molar-refractivity contribution in [2.24, 2.45) is 0 Å². The highest BCUT2D eigenvalue weighted by atomic mass is 16.3. The molecule has 0 atom stereocenters. The van der Waals surface area contributed by atoms with Gasteiger partial charge in [-0.15, -0.1) is 0 Å². The Bertz CT molecular complexity index is 1290. The Morgan fingerprint density at radius 3 is 1.60 bits per heavy atom. The number of nitrogens with two attached hydrogens (primary N) is 3. The lowest BCUT2D eigenvalue weighted by atomic mass is 9.86. The zero-order chi connectivity index (χ0) is 29.8. The van der Waals surface area contributed by atoms with Gasteiger partial charge in [-0.2, -0.15) is 0 Å². The minimum absolute atomic E-state index is 0.0660. The molecule has 0 heterocycles. The van der Waals surface area contributed by atoms with Gasteiger partial charge < -0.3 is 32.7 Å². The van der Waals surface area contributed by atoms with Crippen LogP contribution in [-0.4, -0.2) is 10.2 Å². The number of benzene rings is 4. The Morgan fingerprint density at radius 2 is 1.15 bits per heavy atom. The maximum Gasteiger partial charge on any atom is 0.184 e. The first kappa shape index (κ1) is 31.9. The molecule has 0 saturated heterocycles. The molecule has 0 bridgehead atoms. The van der Waals surface area contributed by atoms with E-state index in [1.165, 1.54) is 41.5 Å². The molecule has 0 aliphatic heterocycles. The van der Waals surface area contributed by atoms with Crippen LogP contribution in [0.15, 0.2) is 72.8 Å². The van der Waals surface area contributed by atoms with Crippen molar-refractivity contribution < 1.29 is 10.2 Å². The minimum atomic E-state index is -0.317. The van der Waals surface area contributed by atoms with E-state index >= 15 is 0 Å². The molecule has 0 fully saturated rings. The van der Waals surface area contributed by atoms with Crippen LogP contribution in [0.2, 0.25) is 0 Å². The lowest BCUT2D eigenvalue weighted by Crippen LogP contribution is -2.06. The van der Waals surface area contributed by atoms with Crippen LogP contribution in [0.25, 0.3) is 11.1 Å². The van der Waals surface area contributed by atoms with Gasteiger partial charge in [0.1, 0.15) is 5.69 Å². The molecule has 0 amide bonds. The first-order valence-electron chi connectivity index (χ1n) is 14.1. The highest BCUT2D eigenvalue weighted by Gasteiger charge is 2.22. The molecule has 1 aliphatic rings. The second-order valence-electron chi connectivity index (χ2n) is 9.74. The highest BCUT2D eigenvalue weighted by molar-refractivity contribution is 5.91. The Hall–Kier alpha value is -4.32. The first-order chi connectivity index (χ1) is 19.2. The summed E-state index contributed by atoms with van der Waals surface area (Å²) in [6, 6.07) is 24.3. The van der Waals surface area contributed by atoms with Crippen molar-refractivity contribution in [1.29, 1.82) is 0 Å². The number of anilines is 5. The SMILES string of the molecule is CC.CC(C)c1c(N)c(N)c(Nc2ccc(N)cc2)c(O)c1O.CCC.c1ccc2c(c1)CCc1ccccc1-2. The summed E-state index contributed by atoms with van der Waals surface area (Å²) in [6.45, 7) is 12.0. The maximum absolute atomic E-state index is 10.2. The Balaban J connectivity index is 0.000000253. The second-order valence-corrected chi connectivity index (χ2v) is 9.74. The largest absolute Gasteiger partial charge is 0.504 e. The fraction of sp³-hybridized carbons (Fsp3) is 0.294. The summed E-state index contributed by atoms with van der Waals surface area (Å²) >= 11 is 0. The molecule has 214 valence electrons. The number of hydrogen-bond acceptors (Lipinski definition) is 6. The topological polar surface area (TPSA) is 131 Å². The van der Waals surface area contributed by atoms with Crippen LogP contribution in [0, 0.1) is 0 Å². The summed E-state index contributed by atoms with van der Waals surface area (Å²) in [5, 5.41) is 23.3. The molecule has 0 radical (unpaired) electrons. The van der Waals surface area contributed by atoms with Crippen LogP contribution in [-0.2, 0) is 12.8 Å². The summed E-state index contributed by atoms with van der Waals surface area (Å²) in [7, 11) is 0. The fourth-order valence-electron chi connectivity index (χ4n) is 4.47. The van der Waals surface area contributed by atoms with Crippen molar-refractivity contribution in [2.45, 2.75) is 66.7 Å². The van der Waals surface area contributed by atoms with Crippen LogP contribution in [0.4, 0.5) is 28.4 Å². The fourth-order valence-corrected chi connectivity index (χ4v) is 4.47. The molecule has 0 aromatic heterocycles. The lowest BCUT2D eigenvalue weighted by molar-refractivity contribution is 0.400. The third kappa shape index (κ3) is 7.63. The van der Waals surface area contributed by atoms with Gasteiger partial charge in [0, 0.05) is 16.9 Å². The number of hydrogen-bond donors (Lipinski definition) is 6. The molecule has 5 rings (SSSR count). The van der Waals surface area contributed by atoms with Crippen LogP contribution >= 0.6 is 0 Å². The van der Waals surface area contributed by atoms with Gasteiger partial charge in [0.2, 0.25) is 0 Å². The highest BCUT2D eigenvalue weighted by Crippen LogP contribution is 2.49. The molecule has 4 aromatic carbocycles. The van der Waals surface area contributed by atoms with E-state index in [-0.39, 0.29) is 34.5 Å². The summed E-state index contributed by atoms with van der Waals surface area (Å²) in [4.78, 5) is 0. The van der Waals surface area contributed by atoms with E-state index in [0.29, 0.717) is 16.9 Å². The average Bonchev–Trinajstić information content (AvgIpc) is 2.97. The Morgan fingerprint density at radius 1 is 0.700 bits per heavy atom. The zero-order valence-corrected chi connectivity index (χ0v) is 24.8. The van der Waals surface area contributed by atoms with Gasteiger partial charge >= 0.3 is 0 Å². The van der Waals surface area contributed by atoms with E-state index in [0.717, 1.165) is 0 Å². The normalized spacial score (nSPS) is 10.9. The van der Waals surface area contributed by atoms with Gasteiger partial charge in [0.25, 0.3) is 0 Å². The molecule has 6 heteroatoms. The number of aromatic hydroxyl groups is 2. The molecule has 0 spiro atoms. The van der Waals surface area contributed by atoms with E-state index in [2.05, 4.69) is 67.7 Å². The smallest absolute Gasteiger partial charge is 0.184 e. The van der Waals surface area contributed by atoms with E-state index in [1.54, 1.807) is 24.3 Å². The number of nitrogen functional groups attached to an aromatic ring is 3. The van der Waals surface area contributed by atoms with Gasteiger partial charge in [-0.3, -0.25) is 0 Å². The maximum atomic E-state index is 10.2. The molecule has 0 saturated carbocycles. The van der Waals surface area contributed by atoms with Crippen LogP contribution in [0.3, 0.4) is 0 Å². The predicted octanol–water partition coefficient (Wildman–Crippen LogP) is 8.61. The van der Waals surface area contributed by atoms with Gasteiger partial charge in [-0.25, -0.2) is 0 Å². The van der Waals surface area contributed by atoms with Gasteiger partial charge in [-0.05, 0) is 65.3 Å². The molecular weight excluding hydrogens is 496 g/mol. The van der Waals surface area contributed by atoms with E-state index in [9.17, 15) is 10.2 Å². The number of phenolic OH excluding ortho intramolecular Hbond substituents is 2. The van der Waals surface area contributed by atoms with Crippen molar-refractivity contribution >= 4 is 28.4 Å². The summed E-state index contributed by atoms with van der Waals surface area (Å²) in [6.07, 6.45) is 3.63. The molecule has 0 unspecified atom stereocenters. The number of nitrogens with one attached hydrogen (secondary N) is 1. The number of rotatable bonds is 3. The molecule has 6 nitrogen and oxygen atoms in total. The Kier molecular flexibility index (Phi) is 12.2. The number of fused-ring (bicyclic) bond motifs is 3. The number of aryl methyl sites for hydroxylation is 2.